The zero-order valence-electron chi connectivity index (χ0n) is 13.1. The predicted octanol–water partition coefficient (Wildman–Crippen LogP) is 4.91. The molecule has 20 heavy (non-hydrogen) atoms. The molecule has 0 spiro atoms. The van der Waals surface area contributed by atoms with E-state index in [1.165, 1.54) is 38.5 Å². The van der Waals surface area contributed by atoms with Gasteiger partial charge in [-0.25, -0.2) is 0 Å². The smallest absolute Gasteiger partial charge is 0.133 e. The summed E-state index contributed by atoms with van der Waals surface area (Å²) in [6.07, 6.45) is 13.8. The molecule has 0 aliphatic heterocycles. The number of carbonyl (C=O) groups is 1. The van der Waals surface area contributed by atoms with E-state index in [0.717, 1.165) is 31.1 Å². The van der Waals surface area contributed by atoms with Crippen LogP contribution < -0.4 is 0 Å². The summed E-state index contributed by atoms with van der Waals surface area (Å²) in [5.74, 6) is 2.97. The highest BCUT2D eigenvalue weighted by Crippen LogP contribution is 2.63. The van der Waals surface area contributed by atoms with Crippen LogP contribution in [-0.2, 0) is 4.79 Å². The fourth-order valence-electron chi connectivity index (χ4n) is 6.31. The van der Waals surface area contributed by atoms with Crippen molar-refractivity contribution >= 4 is 5.78 Å². The number of carbonyl (C=O) groups excluding carboxylic acids is 1. The number of fused-ring (bicyclic) bond motifs is 5. The van der Waals surface area contributed by atoms with Gasteiger partial charge in [0, 0.05) is 12.8 Å². The van der Waals surface area contributed by atoms with Crippen molar-refractivity contribution in [3.05, 3.63) is 11.6 Å². The average molecular weight is 272 g/mol. The first-order chi connectivity index (χ1) is 9.53. The van der Waals surface area contributed by atoms with E-state index in [2.05, 4.69) is 19.9 Å². The molecule has 0 aromatic rings. The van der Waals surface area contributed by atoms with E-state index in [1.54, 1.807) is 5.57 Å². The minimum atomic E-state index is 0.362. The first-order valence-corrected chi connectivity index (χ1v) is 8.75. The second-order valence-electron chi connectivity index (χ2n) is 8.56. The van der Waals surface area contributed by atoms with E-state index in [0.29, 0.717) is 22.5 Å². The van der Waals surface area contributed by atoms with Gasteiger partial charge in [-0.3, -0.25) is 4.79 Å². The van der Waals surface area contributed by atoms with Crippen molar-refractivity contribution in [2.75, 3.05) is 0 Å². The molecular weight excluding hydrogens is 244 g/mol. The molecule has 0 aromatic heterocycles. The summed E-state index contributed by atoms with van der Waals surface area (Å²) in [7, 11) is 0. The molecule has 3 saturated carbocycles. The molecule has 0 aromatic carbocycles. The monoisotopic (exact) mass is 272 g/mol. The predicted molar refractivity (Wildman–Crippen MR) is 81.3 cm³/mol. The first-order valence-electron chi connectivity index (χ1n) is 8.75. The number of allylic oxidation sites excluding steroid dienone is 2. The Hall–Kier alpha value is -0.590. The summed E-state index contributed by atoms with van der Waals surface area (Å²) in [6.45, 7) is 5.02. The minimum Gasteiger partial charge on any atom is -0.300 e. The highest BCUT2D eigenvalue weighted by molar-refractivity contribution is 5.80. The molecule has 0 bridgehead atoms. The van der Waals surface area contributed by atoms with Crippen LogP contribution in [0.5, 0.6) is 0 Å². The van der Waals surface area contributed by atoms with Gasteiger partial charge in [0.1, 0.15) is 5.78 Å². The Morgan fingerprint density at radius 2 is 2.00 bits per heavy atom. The van der Waals surface area contributed by atoms with E-state index in [4.69, 9.17) is 0 Å². The third-order valence-corrected chi connectivity index (χ3v) is 7.62. The Bertz CT molecular complexity index is 476. The Kier molecular flexibility index (Phi) is 2.76. The third kappa shape index (κ3) is 1.64. The summed E-state index contributed by atoms with van der Waals surface area (Å²) in [5, 5.41) is 0. The van der Waals surface area contributed by atoms with Crippen LogP contribution in [0.25, 0.3) is 0 Å². The maximum absolute atomic E-state index is 11.8. The first kappa shape index (κ1) is 13.1. The van der Waals surface area contributed by atoms with Gasteiger partial charge >= 0.3 is 0 Å². The van der Waals surface area contributed by atoms with Gasteiger partial charge in [-0.2, -0.15) is 0 Å². The zero-order valence-corrected chi connectivity index (χ0v) is 13.1. The molecule has 0 radical (unpaired) electrons. The molecule has 4 aliphatic rings. The largest absolute Gasteiger partial charge is 0.300 e. The van der Waals surface area contributed by atoms with Crippen LogP contribution in [0.1, 0.15) is 71.6 Å². The van der Waals surface area contributed by atoms with E-state index in [9.17, 15) is 4.79 Å². The lowest BCUT2D eigenvalue weighted by molar-refractivity contribution is -0.125. The van der Waals surface area contributed by atoms with Crippen LogP contribution >= 0.6 is 0 Å². The van der Waals surface area contributed by atoms with Gasteiger partial charge in [0.25, 0.3) is 0 Å². The molecule has 1 nitrogen and oxygen atoms in total. The summed E-state index contributed by atoms with van der Waals surface area (Å²) in [4.78, 5) is 11.8. The second-order valence-corrected chi connectivity index (χ2v) is 8.56. The maximum atomic E-state index is 11.8. The van der Waals surface area contributed by atoms with Crippen molar-refractivity contribution in [2.45, 2.75) is 71.6 Å². The van der Waals surface area contributed by atoms with Crippen LogP contribution in [0.2, 0.25) is 0 Å². The van der Waals surface area contributed by atoms with E-state index in [-0.39, 0.29) is 0 Å². The zero-order chi connectivity index (χ0) is 14.0. The molecule has 5 atom stereocenters. The van der Waals surface area contributed by atoms with E-state index in [1.807, 2.05) is 0 Å². The number of hydrogen-bond acceptors (Lipinski definition) is 1. The van der Waals surface area contributed by atoms with E-state index >= 15 is 0 Å². The third-order valence-electron chi connectivity index (χ3n) is 7.62. The molecule has 4 rings (SSSR count). The topological polar surface area (TPSA) is 17.1 Å². The molecular formula is C19H28O. The Morgan fingerprint density at radius 3 is 2.85 bits per heavy atom. The van der Waals surface area contributed by atoms with Crippen LogP contribution in [-0.4, -0.2) is 5.78 Å². The van der Waals surface area contributed by atoms with Gasteiger partial charge in [-0.05, 0) is 67.1 Å². The van der Waals surface area contributed by atoms with Crippen LogP contribution in [0.3, 0.4) is 0 Å². The van der Waals surface area contributed by atoms with Crippen molar-refractivity contribution in [2.24, 2.45) is 28.6 Å². The van der Waals surface area contributed by atoms with Crippen molar-refractivity contribution < 1.29 is 4.79 Å². The number of ketones is 1. The lowest BCUT2D eigenvalue weighted by Crippen LogP contribution is -2.47. The number of Topliss-reactive ketones (excluding diaryl/α,β-unsaturated/α-hetero) is 1. The Balaban J connectivity index is 1.71. The SMILES string of the molecule is C[C@]12CC=C3[C@H](CC[C@H]4CC(=O)CC[C@@]34C)[C@@H]1CCC2. The van der Waals surface area contributed by atoms with Gasteiger partial charge in [0.05, 0.1) is 0 Å². The normalized spacial score (nSPS) is 51.0. The fourth-order valence-corrected chi connectivity index (χ4v) is 6.31. The maximum Gasteiger partial charge on any atom is 0.133 e. The minimum absolute atomic E-state index is 0.362. The molecule has 3 fully saturated rings. The molecule has 0 saturated heterocycles. The van der Waals surface area contributed by atoms with Crippen LogP contribution in [0.4, 0.5) is 0 Å². The quantitative estimate of drug-likeness (QED) is 0.573. The molecule has 0 amide bonds. The van der Waals surface area contributed by atoms with Gasteiger partial charge in [-0.1, -0.05) is 31.9 Å². The molecule has 1 heteroatoms. The van der Waals surface area contributed by atoms with Crippen LogP contribution in [0, 0.1) is 28.6 Å². The van der Waals surface area contributed by atoms with E-state index < -0.39 is 0 Å². The molecule has 0 unspecified atom stereocenters. The number of rotatable bonds is 0. The van der Waals surface area contributed by atoms with Crippen molar-refractivity contribution in [3.8, 4) is 0 Å². The van der Waals surface area contributed by atoms with Gasteiger partial charge < -0.3 is 0 Å². The number of hydrogen-bond donors (Lipinski definition) is 0. The summed E-state index contributed by atoms with van der Waals surface area (Å²) < 4.78 is 0. The highest BCUT2D eigenvalue weighted by atomic mass is 16.1. The van der Waals surface area contributed by atoms with Crippen molar-refractivity contribution in [1.29, 1.82) is 0 Å². The van der Waals surface area contributed by atoms with Crippen molar-refractivity contribution in [3.63, 3.8) is 0 Å². The van der Waals surface area contributed by atoms with Gasteiger partial charge in [-0.15, -0.1) is 0 Å². The molecule has 0 heterocycles. The summed E-state index contributed by atoms with van der Waals surface area (Å²) in [5.41, 5.74) is 2.74. The Morgan fingerprint density at radius 1 is 1.15 bits per heavy atom. The Labute approximate surface area is 123 Å². The fraction of sp³-hybridized carbons (Fsp3) is 0.842. The lowest BCUT2D eigenvalue weighted by atomic mass is 9.49. The lowest BCUT2D eigenvalue weighted by Gasteiger charge is -2.55. The summed E-state index contributed by atoms with van der Waals surface area (Å²) >= 11 is 0. The summed E-state index contributed by atoms with van der Waals surface area (Å²) in [6, 6.07) is 0. The molecule has 0 N–H and O–H groups in total. The molecule has 4 aliphatic carbocycles. The van der Waals surface area contributed by atoms with Crippen LogP contribution in [0.15, 0.2) is 11.6 Å². The van der Waals surface area contributed by atoms with Crippen molar-refractivity contribution in [1.82, 2.24) is 0 Å². The highest BCUT2D eigenvalue weighted by Gasteiger charge is 2.54. The standard InChI is InChI=1S/C19H28O/c1-18-9-3-4-16(18)15-6-5-13-12-14(20)7-11-19(13,2)17(15)8-10-18/h8,13,15-16H,3-7,9-12H2,1-2H3/t13-,15+,16-,18-,19+/m0/s1. The average Bonchev–Trinajstić information content (AvgIpc) is 2.81. The van der Waals surface area contributed by atoms with Gasteiger partial charge in [0.15, 0.2) is 0 Å². The van der Waals surface area contributed by atoms with Gasteiger partial charge in [0.2, 0.25) is 0 Å². The second kappa shape index (κ2) is 4.21. The molecule has 110 valence electrons.